The van der Waals surface area contributed by atoms with Crippen LogP contribution in [0.4, 0.5) is 4.79 Å². The second-order valence-corrected chi connectivity index (χ2v) is 8.40. The summed E-state index contributed by atoms with van der Waals surface area (Å²) in [5, 5.41) is 9.30. The van der Waals surface area contributed by atoms with Crippen LogP contribution in [0.2, 0.25) is 0 Å². The van der Waals surface area contributed by atoms with Gasteiger partial charge in [0.25, 0.3) is 0 Å². The first-order valence-corrected chi connectivity index (χ1v) is 7.68. The molecule has 1 amide bonds. The lowest BCUT2D eigenvalue weighted by molar-refractivity contribution is -0.152. The highest BCUT2D eigenvalue weighted by Gasteiger charge is 2.58. The van der Waals surface area contributed by atoms with Crippen LogP contribution in [0.15, 0.2) is 0 Å². The molecule has 1 spiro atoms. The molecule has 1 atom stereocenters. The molecule has 0 aromatic rings. The number of carboxylic acid groups (broad SMARTS) is 1. The molecule has 1 aliphatic heterocycles. The van der Waals surface area contributed by atoms with E-state index in [1.54, 1.807) is 4.90 Å². The lowest BCUT2D eigenvalue weighted by atomic mass is 9.55. The van der Waals surface area contributed by atoms with Crippen LogP contribution in [-0.4, -0.2) is 39.8 Å². The number of nitrogens with zero attached hydrogens (tertiary/aromatic N) is 1. The number of aliphatic carboxylic acids is 1. The quantitative estimate of drug-likeness (QED) is 0.806. The van der Waals surface area contributed by atoms with Gasteiger partial charge in [0.1, 0.15) is 5.60 Å². The number of carbonyl (C=O) groups is 2. The molecule has 2 fully saturated rings. The zero-order valence-corrected chi connectivity index (χ0v) is 13.7. The highest BCUT2D eigenvalue weighted by atomic mass is 16.6. The van der Waals surface area contributed by atoms with Gasteiger partial charge in [0.05, 0.1) is 5.92 Å². The monoisotopic (exact) mass is 297 g/mol. The Bertz CT molecular complexity index is 442. The van der Waals surface area contributed by atoms with Gasteiger partial charge < -0.3 is 14.7 Å². The molecule has 1 saturated heterocycles. The van der Waals surface area contributed by atoms with Crippen molar-refractivity contribution >= 4 is 12.1 Å². The summed E-state index contributed by atoms with van der Waals surface area (Å²) in [4.78, 5) is 25.6. The Balaban J connectivity index is 2.17. The maximum Gasteiger partial charge on any atom is 0.410 e. The lowest BCUT2D eigenvalue weighted by Gasteiger charge is -2.61. The molecule has 1 N–H and O–H groups in total. The molecule has 5 heteroatoms. The lowest BCUT2D eigenvalue weighted by Crippen LogP contribution is -2.66. The van der Waals surface area contributed by atoms with E-state index in [1.165, 1.54) is 0 Å². The standard InChI is InChI=1S/C16H27NO4/c1-14(2,3)21-13(20)17-7-6-11(12(18)19)8-16(17)9-15(4,5)10-16/h11H,6-10H2,1-5H3,(H,18,19). The van der Waals surface area contributed by atoms with Crippen LogP contribution >= 0.6 is 0 Å². The van der Waals surface area contributed by atoms with E-state index >= 15 is 0 Å². The molecule has 0 aromatic heterocycles. The van der Waals surface area contributed by atoms with Crippen LogP contribution in [0.3, 0.4) is 0 Å². The van der Waals surface area contributed by atoms with Gasteiger partial charge in [0.15, 0.2) is 0 Å². The van der Waals surface area contributed by atoms with E-state index in [2.05, 4.69) is 13.8 Å². The molecule has 0 radical (unpaired) electrons. The smallest absolute Gasteiger partial charge is 0.410 e. The third kappa shape index (κ3) is 3.33. The van der Waals surface area contributed by atoms with Crippen molar-refractivity contribution in [1.82, 2.24) is 4.90 Å². The van der Waals surface area contributed by atoms with Gasteiger partial charge in [0, 0.05) is 12.1 Å². The fourth-order valence-electron chi connectivity index (χ4n) is 4.07. The Hall–Kier alpha value is -1.26. The van der Waals surface area contributed by atoms with Crippen LogP contribution in [0.1, 0.15) is 60.3 Å². The molecule has 120 valence electrons. The number of carboxylic acids is 1. The molecule has 2 rings (SSSR count). The van der Waals surface area contributed by atoms with Crippen molar-refractivity contribution in [1.29, 1.82) is 0 Å². The minimum atomic E-state index is -0.747. The average Bonchev–Trinajstić information content (AvgIpc) is 2.23. The number of hydrogen-bond acceptors (Lipinski definition) is 3. The Labute approximate surface area is 126 Å². The summed E-state index contributed by atoms with van der Waals surface area (Å²) in [6, 6.07) is 0. The van der Waals surface area contributed by atoms with Gasteiger partial charge in [-0.1, -0.05) is 13.8 Å². The third-order valence-electron chi connectivity index (χ3n) is 4.48. The normalized spacial score (nSPS) is 27.1. The van der Waals surface area contributed by atoms with Gasteiger partial charge in [-0.25, -0.2) is 4.79 Å². The molecule has 1 aliphatic carbocycles. The summed E-state index contributed by atoms with van der Waals surface area (Å²) in [6.07, 6.45) is 2.45. The summed E-state index contributed by atoms with van der Waals surface area (Å²) in [5.41, 5.74) is -0.686. The van der Waals surface area contributed by atoms with Crippen molar-refractivity contribution in [3.8, 4) is 0 Å². The summed E-state index contributed by atoms with van der Waals surface area (Å²) in [5.74, 6) is -1.09. The van der Waals surface area contributed by atoms with Crippen LogP contribution < -0.4 is 0 Å². The first-order chi connectivity index (χ1) is 9.44. The number of carbonyl (C=O) groups excluding carboxylic acids is 1. The zero-order valence-electron chi connectivity index (χ0n) is 13.7. The average molecular weight is 297 g/mol. The zero-order chi connectivity index (χ0) is 16.1. The molecule has 0 bridgehead atoms. The minimum Gasteiger partial charge on any atom is -0.481 e. The van der Waals surface area contributed by atoms with E-state index in [0.717, 1.165) is 12.8 Å². The van der Waals surface area contributed by atoms with Crippen molar-refractivity contribution in [2.45, 2.75) is 71.4 Å². The van der Waals surface area contributed by atoms with Gasteiger partial charge in [-0.2, -0.15) is 0 Å². The molecule has 1 saturated carbocycles. The van der Waals surface area contributed by atoms with Crippen LogP contribution in [0, 0.1) is 11.3 Å². The Morgan fingerprint density at radius 3 is 2.24 bits per heavy atom. The first kappa shape index (κ1) is 16.1. The molecule has 2 aliphatic rings. The van der Waals surface area contributed by atoms with Crippen molar-refractivity contribution < 1.29 is 19.4 Å². The van der Waals surface area contributed by atoms with Crippen LogP contribution in [-0.2, 0) is 9.53 Å². The van der Waals surface area contributed by atoms with Crippen LogP contribution in [0.25, 0.3) is 0 Å². The van der Waals surface area contributed by atoms with Gasteiger partial charge in [-0.05, 0) is 51.9 Å². The Morgan fingerprint density at radius 1 is 1.24 bits per heavy atom. The maximum absolute atomic E-state index is 12.5. The highest BCUT2D eigenvalue weighted by Crippen LogP contribution is 2.56. The van der Waals surface area contributed by atoms with E-state index < -0.39 is 11.6 Å². The predicted octanol–water partition coefficient (Wildman–Crippen LogP) is 3.28. The topological polar surface area (TPSA) is 66.8 Å². The summed E-state index contributed by atoms with van der Waals surface area (Å²) < 4.78 is 5.51. The highest BCUT2D eigenvalue weighted by molar-refractivity contribution is 5.73. The van der Waals surface area contributed by atoms with Gasteiger partial charge >= 0.3 is 12.1 Å². The van der Waals surface area contributed by atoms with Crippen molar-refractivity contribution in [2.75, 3.05) is 6.54 Å². The predicted molar refractivity (Wildman–Crippen MR) is 79.0 cm³/mol. The fraction of sp³-hybridized carbons (Fsp3) is 0.875. The van der Waals surface area contributed by atoms with Crippen molar-refractivity contribution in [3.63, 3.8) is 0 Å². The molecule has 21 heavy (non-hydrogen) atoms. The molecule has 5 nitrogen and oxygen atoms in total. The Morgan fingerprint density at radius 2 is 1.81 bits per heavy atom. The minimum absolute atomic E-state index is 0.167. The second-order valence-electron chi connectivity index (χ2n) is 8.40. The fourth-order valence-corrected chi connectivity index (χ4v) is 4.07. The largest absolute Gasteiger partial charge is 0.481 e. The second kappa shape index (κ2) is 4.89. The summed E-state index contributed by atoms with van der Waals surface area (Å²) in [6.45, 7) is 10.4. The van der Waals surface area contributed by atoms with Crippen molar-refractivity contribution in [2.24, 2.45) is 11.3 Å². The third-order valence-corrected chi connectivity index (χ3v) is 4.48. The SMILES string of the molecule is CC1(C)CC2(CC(C(=O)O)CCN2C(=O)OC(C)(C)C)C1. The molecule has 1 unspecified atom stereocenters. The summed E-state index contributed by atoms with van der Waals surface area (Å²) >= 11 is 0. The number of likely N-dealkylation sites (tertiary alicyclic amines) is 1. The maximum atomic E-state index is 12.5. The molecule has 1 heterocycles. The number of piperidine rings is 1. The summed E-state index contributed by atoms with van der Waals surface area (Å²) in [7, 11) is 0. The number of amides is 1. The van der Waals surface area contributed by atoms with E-state index in [4.69, 9.17) is 4.74 Å². The first-order valence-electron chi connectivity index (χ1n) is 7.68. The Kier molecular flexibility index (Phi) is 3.75. The van der Waals surface area contributed by atoms with E-state index in [0.29, 0.717) is 19.4 Å². The number of rotatable bonds is 1. The van der Waals surface area contributed by atoms with Crippen molar-refractivity contribution in [3.05, 3.63) is 0 Å². The molecular formula is C16H27NO4. The van der Waals surface area contributed by atoms with E-state index in [-0.39, 0.29) is 23.0 Å². The van der Waals surface area contributed by atoms with Crippen LogP contribution in [0.5, 0.6) is 0 Å². The van der Waals surface area contributed by atoms with Gasteiger partial charge in [0.2, 0.25) is 0 Å². The number of ether oxygens (including phenoxy) is 1. The van der Waals surface area contributed by atoms with E-state index in [1.807, 2.05) is 20.8 Å². The molecule has 0 aromatic carbocycles. The molecular weight excluding hydrogens is 270 g/mol. The van der Waals surface area contributed by atoms with Gasteiger partial charge in [-0.15, -0.1) is 0 Å². The number of hydrogen-bond donors (Lipinski definition) is 1. The van der Waals surface area contributed by atoms with Gasteiger partial charge in [-0.3, -0.25) is 4.79 Å². The van der Waals surface area contributed by atoms with E-state index in [9.17, 15) is 14.7 Å².